The zero-order valence-corrected chi connectivity index (χ0v) is 13.8. The third kappa shape index (κ3) is 1.61. The van der Waals surface area contributed by atoms with E-state index in [1.807, 2.05) is 12.1 Å². The van der Waals surface area contributed by atoms with Crippen LogP contribution in [0.25, 0.3) is 33.2 Å². The van der Waals surface area contributed by atoms with Crippen LogP contribution in [0.15, 0.2) is 51.7 Å². The molecule has 0 amide bonds. The van der Waals surface area contributed by atoms with Gasteiger partial charge in [-0.15, -0.1) is 0 Å². The van der Waals surface area contributed by atoms with E-state index < -0.39 is 0 Å². The minimum absolute atomic E-state index is 0.240. The molecule has 0 saturated heterocycles. The number of aryl methyl sites for hydroxylation is 1. The van der Waals surface area contributed by atoms with Crippen molar-refractivity contribution in [1.29, 1.82) is 0 Å². The molecule has 4 aromatic rings. The van der Waals surface area contributed by atoms with E-state index in [0.29, 0.717) is 5.71 Å². The van der Waals surface area contributed by atoms with Crippen LogP contribution in [0.5, 0.6) is 0 Å². The number of anilines is 1. The first-order chi connectivity index (χ1) is 11.6. The Balaban J connectivity index is 1.85. The number of nitrogens with zero attached hydrogens (tertiary/aromatic N) is 3. The Kier molecular flexibility index (Phi) is 2.55. The van der Waals surface area contributed by atoms with Gasteiger partial charge in [-0.25, -0.2) is 4.98 Å². The van der Waals surface area contributed by atoms with Gasteiger partial charge >= 0.3 is 0 Å². The van der Waals surface area contributed by atoms with Crippen LogP contribution < -0.4 is 4.90 Å². The lowest BCUT2D eigenvalue weighted by Gasteiger charge is -2.28. The van der Waals surface area contributed by atoms with Gasteiger partial charge in [-0.05, 0) is 37.6 Å². The van der Waals surface area contributed by atoms with Gasteiger partial charge < -0.3 is 18.6 Å². The second-order valence-corrected chi connectivity index (χ2v) is 6.33. The zero-order chi connectivity index (χ0) is 16.4. The number of furan rings is 2. The Morgan fingerprint density at radius 1 is 1.00 bits per heavy atom. The molecule has 5 rings (SSSR count). The highest BCUT2D eigenvalue weighted by Crippen LogP contribution is 2.42. The molecule has 5 heteroatoms. The number of fused-ring (bicyclic) bond motifs is 5. The van der Waals surface area contributed by atoms with Crippen molar-refractivity contribution in [1.82, 2.24) is 9.88 Å². The molecule has 1 aliphatic rings. The van der Waals surface area contributed by atoms with Crippen molar-refractivity contribution >= 4 is 38.9 Å². The summed E-state index contributed by atoms with van der Waals surface area (Å²) >= 11 is 0. The lowest BCUT2D eigenvalue weighted by Crippen LogP contribution is -2.33. The monoisotopic (exact) mass is 319 g/mol. The van der Waals surface area contributed by atoms with Crippen molar-refractivity contribution in [3.8, 4) is 0 Å². The van der Waals surface area contributed by atoms with Crippen LogP contribution in [-0.4, -0.2) is 23.1 Å². The molecule has 1 aliphatic heterocycles. The Hall–Kier alpha value is -2.95. The van der Waals surface area contributed by atoms with Crippen molar-refractivity contribution in [2.24, 2.45) is 0 Å². The summed E-state index contributed by atoms with van der Waals surface area (Å²) in [6.45, 7) is 4.28. The second kappa shape index (κ2) is 4.54. The first kappa shape index (κ1) is 13.5. The minimum Gasteiger partial charge on any atom is -0.450 e. The molecule has 0 unspecified atom stereocenters. The molecule has 1 atom stereocenters. The summed E-state index contributed by atoms with van der Waals surface area (Å²) in [7, 11) is 2.07. The van der Waals surface area contributed by atoms with Gasteiger partial charge in [0.1, 0.15) is 6.17 Å². The predicted molar refractivity (Wildman–Crippen MR) is 94.9 cm³/mol. The fourth-order valence-electron chi connectivity index (χ4n) is 3.45. The predicted octanol–water partition coefficient (Wildman–Crippen LogP) is 4.60. The van der Waals surface area contributed by atoms with Gasteiger partial charge in [0, 0.05) is 25.6 Å². The maximum Gasteiger partial charge on any atom is 0.230 e. The van der Waals surface area contributed by atoms with E-state index in [4.69, 9.17) is 8.83 Å². The van der Waals surface area contributed by atoms with Gasteiger partial charge in [0.05, 0.1) is 16.5 Å². The molecule has 4 heterocycles. The Bertz CT molecular complexity index is 1120. The van der Waals surface area contributed by atoms with E-state index in [9.17, 15) is 0 Å². The summed E-state index contributed by atoms with van der Waals surface area (Å²) < 4.78 is 12.2. The summed E-state index contributed by atoms with van der Waals surface area (Å²) in [6, 6.07) is 8.06. The van der Waals surface area contributed by atoms with E-state index in [2.05, 4.69) is 60.2 Å². The largest absolute Gasteiger partial charge is 0.450 e. The van der Waals surface area contributed by atoms with Crippen LogP contribution in [0.4, 0.5) is 5.69 Å². The Morgan fingerprint density at radius 2 is 1.83 bits per heavy atom. The highest BCUT2D eigenvalue weighted by molar-refractivity contribution is 6.14. The maximum absolute atomic E-state index is 6.29. The minimum atomic E-state index is 0.240. The average molecular weight is 319 g/mol. The number of hydrogen-bond acceptors (Lipinski definition) is 5. The fraction of sp³-hybridized carbons (Fsp3) is 0.211. The molecule has 0 spiro atoms. The Morgan fingerprint density at radius 3 is 2.62 bits per heavy atom. The van der Waals surface area contributed by atoms with Gasteiger partial charge in [-0.2, -0.15) is 0 Å². The molecule has 5 nitrogen and oxygen atoms in total. The topological polar surface area (TPSA) is 45.7 Å². The number of pyridine rings is 1. The van der Waals surface area contributed by atoms with Crippen molar-refractivity contribution in [2.45, 2.75) is 20.0 Å². The van der Waals surface area contributed by atoms with E-state index in [-0.39, 0.29) is 6.17 Å². The third-order valence-electron chi connectivity index (χ3n) is 4.92. The van der Waals surface area contributed by atoms with Gasteiger partial charge in [-0.1, -0.05) is 6.07 Å². The van der Waals surface area contributed by atoms with Crippen molar-refractivity contribution < 1.29 is 8.83 Å². The summed E-state index contributed by atoms with van der Waals surface area (Å²) in [4.78, 5) is 8.69. The van der Waals surface area contributed by atoms with Gasteiger partial charge in [0.25, 0.3) is 0 Å². The number of rotatable bonds is 1. The van der Waals surface area contributed by atoms with E-state index >= 15 is 0 Å². The Labute approximate surface area is 138 Å². The highest BCUT2D eigenvalue weighted by Gasteiger charge is 2.27. The first-order valence-electron chi connectivity index (χ1n) is 8.03. The van der Waals surface area contributed by atoms with Crippen LogP contribution in [0.2, 0.25) is 0 Å². The van der Waals surface area contributed by atoms with Crippen LogP contribution in [-0.2, 0) is 0 Å². The molecule has 3 aromatic heterocycles. The van der Waals surface area contributed by atoms with Crippen LogP contribution in [0.1, 0.15) is 12.5 Å². The smallest absolute Gasteiger partial charge is 0.230 e. The molecule has 24 heavy (non-hydrogen) atoms. The van der Waals surface area contributed by atoms with Crippen molar-refractivity contribution in [3.05, 3.63) is 48.4 Å². The van der Waals surface area contributed by atoms with Gasteiger partial charge in [0.2, 0.25) is 5.71 Å². The van der Waals surface area contributed by atoms with E-state index in [0.717, 1.165) is 33.2 Å². The molecular formula is C19H17N3O2. The van der Waals surface area contributed by atoms with Crippen molar-refractivity contribution in [2.75, 3.05) is 11.9 Å². The maximum atomic E-state index is 6.29. The quantitative estimate of drug-likeness (QED) is 0.513. The third-order valence-corrected chi connectivity index (χ3v) is 4.92. The van der Waals surface area contributed by atoms with E-state index in [1.165, 1.54) is 5.56 Å². The normalized spacial score (nSPS) is 17.9. The summed E-state index contributed by atoms with van der Waals surface area (Å²) in [5.41, 5.74) is 5.27. The van der Waals surface area contributed by atoms with Crippen LogP contribution in [0, 0.1) is 6.92 Å². The molecule has 0 bridgehead atoms. The molecule has 0 aliphatic carbocycles. The molecule has 0 fully saturated rings. The van der Waals surface area contributed by atoms with Crippen LogP contribution >= 0.6 is 0 Å². The lowest BCUT2D eigenvalue weighted by atomic mass is 10.1. The van der Waals surface area contributed by atoms with E-state index in [1.54, 1.807) is 6.20 Å². The summed E-state index contributed by atoms with van der Waals surface area (Å²) in [5, 5.41) is 1.90. The van der Waals surface area contributed by atoms with Crippen molar-refractivity contribution in [3.63, 3.8) is 0 Å². The first-order valence-corrected chi connectivity index (χ1v) is 8.03. The molecule has 0 radical (unpaired) electrons. The fourth-order valence-corrected chi connectivity index (χ4v) is 3.45. The average Bonchev–Trinajstić information content (AvgIpc) is 3.21. The number of hydrogen-bond donors (Lipinski definition) is 0. The van der Waals surface area contributed by atoms with Gasteiger partial charge in [0.15, 0.2) is 16.7 Å². The summed E-state index contributed by atoms with van der Waals surface area (Å²) in [5.74, 6) is 0. The number of aromatic nitrogens is 1. The van der Waals surface area contributed by atoms with Gasteiger partial charge in [-0.3, -0.25) is 0 Å². The second-order valence-electron chi connectivity index (χ2n) is 6.33. The zero-order valence-electron chi connectivity index (χ0n) is 13.8. The van der Waals surface area contributed by atoms with Crippen LogP contribution in [0.3, 0.4) is 0 Å². The number of benzene rings is 1. The standard InChI is InChI=1S/C19H17N3O2/c1-11-6-7-13-16(15(11)22-10-9-21(3)12(22)2)23-18-14-5-4-8-20-19(14)24-17(13)18/h4-10,12H,1-3H3/t12-/m0/s1. The molecular weight excluding hydrogens is 302 g/mol. The molecule has 0 saturated carbocycles. The molecule has 120 valence electrons. The lowest BCUT2D eigenvalue weighted by molar-refractivity contribution is 0.383. The molecule has 1 aromatic carbocycles. The summed E-state index contributed by atoms with van der Waals surface area (Å²) in [6.07, 6.45) is 6.14. The molecule has 0 N–H and O–H groups in total. The SMILES string of the molecule is Cc1ccc2c(oc3c4cccnc4oc23)c1N1C=CN(C)[C@@H]1C. The highest BCUT2D eigenvalue weighted by atomic mass is 16.4.